The number of benzene rings is 1. The van der Waals surface area contributed by atoms with Gasteiger partial charge in [-0.05, 0) is 31.0 Å². The normalized spacial score (nSPS) is 16.3. The van der Waals surface area contributed by atoms with Crippen molar-refractivity contribution in [3.05, 3.63) is 23.8 Å². The average molecular weight is 271 g/mol. The Morgan fingerprint density at radius 2 is 2.17 bits per heavy atom. The molecule has 2 N–H and O–H groups in total. The number of hydrogen-bond donors (Lipinski definition) is 2. The highest BCUT2D eigenvalue weighted by atomic mass is 32.2. The van der Waals surface area contributed by atoms with E-state index in [4.69, 9.17) is 4.74 Å². The van der Waals surface area contributed by atoms with E-state index in [-0.39, 0.29) is 17.5 Å². The zero-order chi connectivity index (χ0) is 13.2. The van der Waals surface area contributed by atoms with E-state index in [1.54, 1.807) is 6.07 Å². The van der Waals surface area contributed by atoms with Crippen LogP contribution in [0.25, 0.3) is 0 Å². The first kappa shape index (κ1) is 13.3. The molecule has 0 aromatic heterocycles. The van der Waals surface area contributed by atoms with Crippen LogP contribution in [0.3, 0.4) is 0 Å². The van der Waals surface area contributed by atoms with Gasteiger partial charge in [0.15, 0.2) is 0 Å². The van der Waals surface area contributed by atoms with Gasteiger partial charge >= 0.3 is 0 Å². The van der Waals surface area contributed by atoms with Crippen molar-refractivity contribution in [2.24, 2.45) is 0 Å². The summed E-state index contributed by atoms with van der Waals surface area (Å²) < 4.78 is 31.8. The molecular weight excluding hydrogens is 254 g/mol. The Bertz CT molecular complexity index is 523. The molecule has 1 fully saturated rings. The van der Waals surface area contributed by atoms with E-state index < -0.39 is 10.0 Å². The highest BCUT2D eigenvalue weighted by Crippen LogP contribution is 2.24. The summed E-state index contributed by atoms with van der Waals surface area (Å²) in [5.74, 6) is 0.486. The summed E-state index contributed by atoms with van der Waals surface area (Å²) in [5, 5.41) is 9.18. The molecule has 0 spiro atoms. The molecule has 6 heteroatoms. The Kier molecular flexibility index (Phi) is 3.89. The second kappa shape index (κ2) is 5.26. The van der Waals surface area contributed by atoms with Gasteiger partial charge in [-0.25, -0.2) is 13.1 Å². The van der Waals surface area contributed by atoms with E-state index in [2.05, 4.69) is 4.72 Å². The lowest BCUT2D eigenvalue weighted by molar-refractivity contribution is 0.273. The van der Waals surface area contributed by atoms with Gasteiger partial charge in [0.1, 0.15) is 5.75 Å². The minimum absolute atomic E-state index is 0.0506. The number of aliphatic hydroxyl groups is 1. The van der Waals surface area contributed by atoms with E-state index in [1.165, 1.54) is 19.2 Å². The van der Waals surface area contributed by atoms with Crippen LogP contribution in [0.15, 0.2) is 23.1 Å². The van der Waals surface area contributed by atoms with Crippen LogP contribution in [-0.4, -0.2) is 26.7 Å². The second-order valence-corrected chi connectivity index (χ2v) is 6.09. The molecule has 0 aliphatic heterocycles. The van der Waals surface area contributed by atoms with Gasteiger partial charge in [0.2, 0.25) is 10.0 Å². The van der Waals surface area contributed by atoms with Crippen LogP contribution >= 0.6 is 0 Å². The molecule has 5 nitrogen and oxygen atoms in total. The summed E-state index contributed by atoms with van der Waals surface area (Å²) in [4.78, 5) is 0.166. The largest absolute Gasteiger partial charge is 0.496 e. The molecule has 1 aliphatic carbocycles. The molecule has 1 aromatic rings. The molecule has 0 amide bonds. The molecule has 0 heterocycles. The smallest absolute Gasteiger partial charge is 0.240 e. The lowest BCUT2D eigenvalue weighted by Crippen LogP contribution is -2.39. The zero-order valence-electron chi connectivity index (χ0n) is 10.2. The van der Waals surface area contributed by atoms with Crippen molar-refractivity contribution in [3.63, 3.8) is 0 Å². The number of methoxy groups -OCH3 is 1. The highest BCUT2D eigenvalue weighted by Gasteiger charge is 2.25. The van der Waals surface area contributed by atoms with Gasteiger partial charge in [-0.3, -0.25) is 0 Å². The number of hydrogen-bond acceptors (Lipinski definition) is 4. The summed E-state index contributed by atoms with van der Waals surface area (Å²) >= 11 is 0. The van der Waals surface area contributed by atoms with E-state index in [0.717, 1.165) is 19.3 Å². The van der Waals surface area contributed by atoms with Crippen molar-refractivity contribution in [3.8, 4) is 5.75 Å². The molecule has 100 valence electrons. The fourth-order valence-electron chi connectivity index (χ4n) is 1.86. The first-order valence-corrected chi connectivity index (χ1v) is 7.35. The maximum atomic E-state index is 12.1. The van der Waals surface area contributed by atoms with E-state index in [0.29, 0.717) is 11.3 Å². The quantitative estimate of drug-likeness (QED) is 0.838. The molecule has 2 rings (SSSR count). The molecular formula is C12H17NO4S. The minimum Gasteiger partial charge on any atom is -0.496 e. The van der Waals surface area contributed by atoms with Gasteiger partial charge in [-0.2, -0.15) is 0 Å². The Morgan fingerprint density at radius 1 is 1.44 bits per heavy atom. The van der Waals surface area contributed by atoms with Crippen LogP contribution in [-0.2, 0) is 16.6 Å². The Balaban J connectivity index is 2.26. The van der Waals surface area contributed by atoms with Crippen molar-refractivity contribution in [1.82, 2.24) is 4.72 Å². The molecule has 1 aliphatic rings. The summed E-state index contributed by atoms with van der Waals surface area (Å²) in [7, 11) is -2.01. The Labute approximate surface area is 107 Å². The van der Waals surface area contributed by atoms with Crippen LogP contribution in [0.5, 0.6) is 5.75 Å². The van der Waals surface area contributed by atoms with Crippen molar-refractivity contribution in [2.45, 2.75) is 36.8 Å². The molecule has 0 bridgehead atoms. The highest BCUT2D eigenvalue weighted by molar-refractivity contribution is 7.89. The monoisotopic (exact) mass is 271 g/mol. The molecule has 0 saturated heterocycles. The van der Waals surface area contributed by atoms with Gasteiger partial charge in [-0.1, -0.05) is 6.42 Å². The molecule has 0 atom stereocenters. The summed E-state index contributed by atoms with van der Waals surface area (Å²) in [6.45, 7) is -0.254. The molecule has 18 heavy (non-hydrogen) atoms. The van der Waals surface area contributed by atoms with Crippen LogP contribution in [0.1, 0.15) is 24.8 Å². The first-order valence-electron chi connectivity index (χ1n) is 5.87. The van der Waals surface area contributed by atoms with Crippen molar-refractivity contribution in [1.29, 1.82) is 0 Å². The first-order chi connectivity index (χ1) is 8.56. The number of ether oxygens (including phenoxy) is 1. The third kappa shape index (κ3) is 2.66. The number of aliphatic hydroxyl groups excluding tert-OH is 1. The number of nitrogens with one attached hydrogen (secondary N) is 1. The maximum absolute atomic E-state index is 12.1. The Hall–Kier alpha value is -1.11. The topological polar surface area (TPSA) is 75.6 Å². The molecule has 0 radical (unpaired) electrons. The third-order valence-corrected chi connectivity index (χ3v) is 4.68. The van der Waals surface area contributed by atoms with E-state index in [1.807, 2.05) is 0 Å². The van der Waals surface area contributed by atoms with Crippen LogP contribution < -0.4 is 9.46 Å². The zero-order valence-corrected chi connectivity index (χ0v) is 11.0. The van der Waals surface area contributed by atoms with Gasteiger partial charge in [0.25, 0.3) is 0 Å². The van der Waals surface area contributed by atoms with E-state index in [9.17, 15) is 13.5 Å². The lowest BCUT2D eigenvalue weighted by atomic mass is 9.94. The van der Waals surface area contributed by atoms with Gasteiger partial charge in [0.05, 0.1) is 18.6 Å². The molecule has 1 aromatic carbocycles. The van der Waals surface area contributed by atoms with Crippen LogP contribution in [0.2, 0.25) is 0 Å². The number of rotatable bonds is 5. The fraction of sp³-hybridized carbons (Fsp3) is 0.500. The second-order valence-electron chi connectivity index (χ2n) is 4.38. The van der Waals surface area contributed by atoms with Crippen molar-refractivity contribution >= 4 is 10.0 Å². The number of sulfonamides is 1. The predicted molar refractivity (Wildman–Crippen MR) is 66.9 cm³/mol. The fourth-order valence-corrected chi connectivity index (χ4v) is 3.21. The van der Waals surface area contributed by atoms with Gasteiger partial charge < -0.3 is 9.84 Å². The lowest BCUT2D eigenvalue weighted by Gasteiger charge is -2.26. The maximum Gasteiger partial charge on any atom is 0.240 e. The van der Waals surface area contributed by atoms with Gasteiger partial charge in [0, 0.05) is 11.6 Å². The molecule has 1 saturated carbocycles. The molecule has 0 unspecified atom stereocenters. The minimum atomic E-state index is -3.49. The predicted octanol–water partition coefficient (Wildman–Crippen LogP) is 1.02. The summed E-state index contributed by atoms with van der Waals surface area (Å²) in [5.41, 5.74) is 0.467. The Morgan fingerprint density at radius 3 is 2.67 bits per heavy atom. The van der Waals surface area contributed by atoms with Crippen LogP contribution in [0.4, 0.5) is 0 Å². The SMILES string of the molecule is COc1ccc(S(=O)(=O)NC2CCC2)cc1CO. The third-order valence-electron chi connectivity index (χ3n) is 3.16. The van der Waals surface area contributed by atoms with Crippen molar-refractivity contribution in [2.75, 3.05) is 7.11 Å². The van der Waals surface area contributed by atoms with Crippen molar-refractivity contribution < 1.29 is 18.3 Å². The van der Waals surface area contributed by atoms with Crippen LogP contribution in [0, 0.1) is 0 Å². The van der Waals surface area contributed by atoms with E-state index >= 15 is 0 Å². The van der Waals surface area contributed by atoms with Gasteiger partial charge in [-0.15, -0.1) is 0 Å². The summed E-state index contributed by atoms with van der Waals surface area (Å²) in [6, 6.07) is 4.54. The summed E-state index contributed by atoms with van der Waals surface area (Å²) in [6.07, 6.45) is 2.85. The average Bonchev–Trinajstić information content (AvgIpc) is 2.33. The standard InChI is InChI=1S/C12H17NO4S/c1-17-12-6-5-11(7-9(12)8-14)18(15,16)13-10-3-2-4-10/h5-7,10,13-14H,2-4,8H2,1H3.